The number of rotatable bonds is 2. The molecule has 2 aromatic carbocycles. The van der Waals surface area contributed by atoms with Crippen LogP contribution in [-0.2, 0) is 6.42 Å². The lowest BCUT2D eigenvalue weighted by atomic mass is 10.00. The van der Waals surface area contributed by atoms with Crippen molar-refractivity contribution < 1.29 is 5.21 Å². The zero-order chi connectivity index (χ0) is 14.8. The first-order valence-electron chi connectivity index (χ1n) is 6.83. The van der Waals surface area contributed by atoms with Crippen LogP contribution in [0, 0.1) is 0 Å². The van der Waals surface area contributed by atoms with E-state index in [4.69, 9.17) is 10.9 Å². The summed E-state index contributed by atoms with van der Waals surface area (Å²) in [5.41, 5.74) is 10.1. The normalized spacial score (nSPS) is 14.9. The minimum absolute atomic E-state index is 0.120. The molecule has 4 nitrogen and oxygen atoms in total. The molecule has 0 unspecified atom stereocenters. The molecule has 1 aliphatic heterocycles. The van der Waals surface area contributed by atoms with Crippen molar-refractivity contribution in [2.24, 2.45) is 10.9 Å². The highest BCUT2D eigenvalue weighted by Crippen LogP contribution is 2.36. The predicted molar refractivity (Wildman–Crippen MR) is 88.4 cm³/mol. The van der Waals surface area contributed by atoms with E-state index in [-0.39, 0.29) is 5.84 Å². The molecule has 3 rings (SSSR count). The lowest BCUT2D eigenvalue weighted by Gasteiger charge is -2.32. The van der Waals surface area contributed by atoms with Gasteiger partial charge >= 0.3 is 0 Å². The van der Waals surface area contributed by atoms with Gasteiger partial charge in [0.2, 0.25) is 0 Å². The SMILES string of the molecule is N/C(=N/O)c1cc(Br)ccc1N1CCCc2ccccc21. The fraction of sp³-hybridized carbons (Fsp3) is 0.188. The van der Waals surface area contributed by atoms with Gasteiger partial charge < -0.3 is 15.8 Å². The molecule has 0 bridgehead atoms. The lowest BCUT2D eigenvalue weighted by molar-refractivity contribution is 0.318. The highest BCUT2D eigenvalue weighted by Gasteiger charge is 2.21. The van der Waals surface area contributed by atoms with Crippen molar-refractivity contribution in [1.82, 2.24) is 0 Å². The van der Waals surface area contributed by atoms with Crippen LogP contribution >= 0.6 is 15.9 Å². The second kappa shape index (κ2) is 5.77. The summed E-state index contributed by atoms with van der Waals surface area (Å²) in [6.07, 6.45) is 2.17. The molecule has 0 spiro atoms. The number of para-hydroxylation sites is 1. The van der Waals surface area contributed by atoms with Crippen LogP contribution in [0.4, 0.5) is 11.4 Å². The molecule has 0 fully saturated rings. The van der Waals surface area contributed by atoms with Crippen LogP contribution in [0.2, 0.25) is 0 Å². The summed E-state index contributed by atoms with van der Waals surface area (Å²) in [5.74, 6) is 0.120. The first-order chi connectivity index (χ1) is 10.2. The average Bonchev–Trinajstić information content (AvgIpc) is 2.53. The van der Waals surface area contributed by atoms with Crippen molar-refractivity contribution in [2.45, 2.75) is 12.8 Å². The van der Waals surface area contributed by atoms with Gasteiger partial charge in [-0.2, -0.15) is 0 Å². The number of nitrogens with two attached hydrogens (primary N) is 1. The van der Waals surface area contributed by atoms with E-state index in [1.807, 2.05) is 24.3 Å². The predicted octanol–water partition coefficient (Wildman–Crippen LogP) is 3.63. The van der Waals surface area contributed by atoms with Crippen molar-refractivity contribution in [3.05, 3.63) is 58.1 Å². The van der Waals surface area contributed by atoms with Gasteiger partial charge in [-0.05, 0) is 42.7 Å². The minimum atomic E-state index is 0.120. The molecule has 0 atom stereocenters. The van der Waals surface area contributed by atoms with Crippen LogP contribution in [-0.4, -0.2) is 17.6 Å². The zero-order valence-corrected chi connectivity index (χ0v) is 13.0. The maximum absolute atomic E-state index is 9.03. The third-order valence-corrected chi connectivity index (χ3v) is 4.24. The Hall–Kier alpha value is -2.01. The molecule has 3 N–H and O–H groups in total. The van der Waals surface area contributed by atoms with Gasteiger partial charge in [0.15, 0.2) is 5.84 Å². The molecule has 0 amide bonds. The summed E-state index contributed by atoms with van der Waals surface area (Å²) in [6, 6.07) is 14.2. The Kier molecular flexibility index (Phi) is 3.84. The van der Waals surface area contributed by atoms with Gasteiger partial charge in [0, 0.05) is 22.3 Å². The van der Waals surface area contributed by atoms with Crippen LogP contribution in [0.15, 0.2) is 52.1 Å². The summed E-state index contributed by atoms with van der Waals surface area (Å²) in [4.78, 5) is 2.23. The van der Waals surface area contributed by atoms with E-state index in [1.165, 1.54) is 11.3 Å². The van der Waals surface area contributed by atoms with Gasteiger partial charge in [-0.1, -0.05) is 39.3 Å². The molecule has 1 aliphatic rings. The van der Waals surface area contributed by atoms with E-state index >= 15 is 0 Å². The van der Waals surface area contributed by atoms with E-state index in [9.17, 15) is 0 Å². The molecule has 0 aliphatic carbocycles. The van der Waals surface area contributed by atoms with Gasteiger partial charge in [-0.3, -0.25) is 0 Å². The molecular weight excluding hydrogens is 330 g/mol. The number of halogens is 1. The maximum atomic E-state index is 9.03. The highest BCUT2D eigenvalue weighted by atomic mass is 79.9. The van der Waals surface area contributed by atoms with Gasteiger partial charge in [-0.25, -0.2) is 0 Å². The van der Waals surface area contributed by atoms with E-state index in [1.54, 1.807) is 0 Å². The van der Waals surface area contributed by atoms with Crippen molar-refractivity contribution in [3.8, 4) is 0 Å². The van der Waals surface area contributed by atoms with Gasteiger partial charge in [0.1, 0.15) is 0 Å². The van der Waals surface area contributed by atoms with Crippen LogP contribution in [0.25, 0.3) is 0 Å². The number of anilines is 2. The standard InChI is InChI=1S/C16H16BrN3O/c17-12-7-8-15(13(10-12)16(18)19-21)20-9-3-5-11-4-1-2-6-14(11)20/h1-2,4,6-8,10,21H,3,5,9H2,(H2,18,19). The third-order valence-electron chi connectivity index (χ3n) is 3.74. The lowest BCUT2D eigenvalue weighted by Crippen LogP contribution is -2.27. The molecule has 0 aromatic heterocycles. The fourth-order valence-corrected chi connectivity index (χ4v) is 3.15. The Labute approximate surface area is 132 Å². The number of aryl methyl sites for hydroxylation is 1. The quantitative estimate of drug-likeness (QED) is 0.378. The van der Waals surface area contributed by atoms with E-state index in [0.29, 0.717) is 0 Å². The Morgan fingerprint density at radius 1 is 1.19 bits per heavy atom. The summed E-state index contributed by atoms with van der Waals surface area (Å²) >= 11 is 3.44. The number of oxime groups is 1. The second-order valence-electron chi connectivity index (χ2n) is 5.03. The monoisotopic (exact) mass is 345 g/mol. The summed E-state index contributed by atoms with van der Waals surface area (Å²) in [7, 11) is 0. The molecular formula is C16H16BrN3O. The topological polar surface area (TPSA) is 61.9 Å². The number of benzene rings is 2. The Balaban J connectivity index is 2.14. The minimum Gasteiger partial charge on any atom is -0.409 e. The molecule has 1 heterocycles. The average molecular weight is 346 g/mol. The van der Waals surface area contributed by atoms with Gasteiger partial charge in [0.25, 0.3) is 0 Å². The first kappa shape index (κ1) is 13.9. The number of hydrogen-bond acceptors (Lipinski definition) is 3. The Bertz CT molecular complexity index is 700. The molecule has 0 radical (unpaired) electrons. The second-order valence-corrected chi connectivity index (χ2v) is 5.95. The molecule has 0 saturated carbocycles. The van der Waals surface area contributed by atoms with E-state index < -0.39 is 0 Å². The highest BCUT2D eigenvalue weighted by molar-refractivity contribution is 9.10. The fourth-order valence-electron chi connectivity index (χ4n) is 2.79. The molecule has 0 saturated heterocycles. The largest absolute Gasteiger partial charge is 0.409 e. The molecule has 108 valence electrons. The van der Waals surface area contributed by atoms with Crippen molar-refractivity contribution >= 4 is 33.1 Å². The summed E-state index contributed by atoms with van der Waals surface area (Å²) < 4.78 is 0.901. The van der Waals surface area contributed by atoms with E-state index in [2.05, 4.69) is 44.2 Å². The molecule has 2 aromatic rings. The van der Waals surface area contributed by atoms with Crippen LogP contribution in [0.1, 0.15) is 17.5 Å². The third kappa shape index (κ3) is 2.61. The molecule has 5 heteroatoms. The Morgan fingerprint density at radius 3 is 2.81 bits per heavy atom. The first-order valence-corrected chi connectivity index (χ1v) is 7.63. The Morgan fingerprint density at radius 2 is 2.00 bits per heavy atom. The summed E-state index contributed by atoms with van der Waals surface area (Å²) in [5, 5.41) is 12.2. The van der Waals surface area contributed by atoms with Crippen molar-refractivity contribution in [3.63, 3.8) is 0 Å². The number of nitrogens with zero attached hydrogens (tertiary/aromatic N) is 2. The van der Waals surface area contributed by atoms with Gasteiger partial charge in [-0.15, -0.1) is 0 Å². The van der Waals surface area contributed by atoms with Crippen molar-refractivity contribution in [1.29, 1.82) is 0 Å². The maximum Gasteiger partial charge on any atom is 0.172 e. The van der Waals surface area contributed by atoms with E-state index in [0.717, 1.165) is 35.1 Å². The zero-order valence-electron chi connectivity index (χ0n) is 11.5. The van der Waals surface area contributed by atoms with Gasteiger partial charge in [0.05, 0.1) is 5.69 Å². The smallest absolute Gasteiger partial charge is 0.172 e. The summed E-state index contributed by atoms with van der Waals surface area (Å²) in [6.45, 7) is 0.921. The number of hydrogen-bond donors (Lipinski definition) is 2. The van der Waals surface area contributed by atoms with Crippen LogP contribution in [0.3, 0.4) is 0 Å². The van der Waals surface area contributed by atoms with Crippen molar-refractivity contribution in [2.75, 3.05) is 11.4 Å². The number of amidine groups is 1. The van der Waals surface area contributed by atoms with Crippen LogP contribution in [0.5, 0.6) is 0 Å². The number of fused-ring (bicyclic) bond motifs is 1. The van der Waals surface area contributed by atoms with Crippen LogP contribution < -0.4 is 10.6 Å². The molecule has 21 heavy (non-hydrogen) atoms.